The quantitative estimate of drug-likeness (QED) is 0.919. The number of carbonyl (C=O) groups is 2. The Morgan fingerprint density at radius 1 is 1.53 bits per heavy atom. The van der Waals surface area contributed by atoms with E-state index >= 15 is 0 Å². The maximum atomic E-state index is 12.3. The van der Waals surface area contributed by atoms with Crippen molar-refractivity contribution in [2.75, 3.05) is 13.1 Å². The molecule has 19 heavy (non-hydrogen) atoms. The second kappa shape index (κ2) is 5.74. The van der Waals surface area contributed by atoms with E-state index in [0.29, 0.717) is 12.5 Å². The third kappa shape index (κ3) is 3.56. The van der Waals surface area contributed by atoms with Gasteiger partial charge in [-0.05, 0) is 31.4 Å². The number of carbonyl (C=O) groups excluding carboxylic acids is 2. The van der Waals surface area contributed by atoms with Crippen LogP contribution < -0.4 is 5.32 Å². The van der Waals surface area contributed by atoms with Gasteiger partial charge in [-0.2, -0.15) is 0 Å². The van der Waals surface area contributed by atoms with Crippen LogP contribution >= 0.6 is 11.3 Å². The van der Waals surface area contributed by atoms with Crippen molar-refractivity contribution in [3.63, 3.8) is 0 Å². The van der Waals surface area contributed by atoms with Crippen LogP contribution in [0.4, 0.5) is 0 Å². The molecule has 1 N–H and O–H groups in total. The van der Waals surface area contributed by atoms with Gasteiger partial charge in [-0.3, -0.25) is 9.59 Å². The average Bonchev–Trinajstić information content (AvgIpc) is 2.74. The van der Waals surface area contributed by atoms with E-state index in [1.54, 1.807) is 16.2 Å². The number of thiophene rings is 1. The molecule has 2 heterocycles. The van der Waals surface area contributed by atoms with Crippen LogP contribution in [0.2, 0.25) is 0 Å². The largest absolute Gasteiger partial charge is 0.350 e. The van der Waals surface area contributed by atoms with Crippen molar-refractivity contribution in [1.29, 1.82) is 0 Å². The zero-order valence-corrected chi connectivity index (χ0v) is 12.4. The molecule has 4 nitrogen and oxygen atoms in total. The Bertz CT molecular complexity index is 482. The minimum Gasteiger partial charge on any atom is -0.350 e. The lowest BCUT2D eigenvalue weighted by molar-refractivity contribution is -0.124. The molecule has 1 saturated heterocycles. The van der Waals surface area contributed by atoms with Crippen molar-refractivity contribution in [3.8, 4) is 0 Å². The molecule has 1 aromatic rings. The van der Waals surface area contributed by atoms with Crippen LogP contribution in [0, 0.1) is 5.92 Å². The van der Waals surface area contributed by atoms with E-state index in [1.165, 1.54) is 4.88 Å². The molecule has 2 rings (SSSR count). The molecule has 0 saturated carbocycles. The molecule has 0 bridgehead atoms. The van der Waals surface area contributed by atoms with Gasteiger partial charge < -0.3 is 10.2 Å². The van der Waals surface area contributed by atoms with Crippen molar-refractivity contribution >= 4 is 23.2 Å². The van der Waals surface area contributed by atoms with Crippen molar-refractivity contribution in [3.05, 3.63) is 21.9 Å². The van der Waals surface area contributed by atoms with E-state index in [4.69, 9.17) is 0 Å². The maximum absolute atomic E-state index is 12.3. The SMILES string of the molecule is CC(C)Cc1ccc(C(=O)N2CC(=O)NC(C)C2)s1. The third-order valence-electron chi connectivity index (χ3n) is 3.01. The van der Waals surface area contributed by atoms with Gasteiger partial charge in [-0.1, -0.05) is 13.8 Å². The predicted molar refractivity (Wildman–Crippen MR) is 76.4 cm³/mol. The normalized spacial score (nSPS) is 19.7. The molecule has 1 aliphatic heterocycles. The van der Waals surface area contributed by atoms with Gasteiger partial charge >= 0.3 is 0 Å². The van der Waals surface area contributed by atoms with E-state index in [-0.39, 0.29) is 24.4 Å². The molecule has 1 unspecified atom stereocenters. The Labute approximate surface area is 117 Å². The fourth-order valence-electron chi connectivity index (χ4n) is 2.25. The molecule has 0 radical (unpaired) electrons. The lowest BCUT2D eigenvalue weighted by atomic mass is 10.1. The van der Waals surface area contributed by atoms with Gasteiger partial charge in [0, 0.05) is 17.5 Å². The second-order valence-corrected chi connectivity index (χ2v) is 6.69. The second-order valence-electron chi connectivity index (χ2n) is 5.52. The predicted octanol–water partition coefficient (Wildman–Crippen LogP) is 1.91. The number of nitrogens with zero attached hydrogens (tertiary/aromatic N) is 1. The van der Waals surface area contributed by atoms with Crippen molar-refractivity contribution in [2.45, 2.75) is 33.2 Å². The molecular formula is C14H20N2O2S. The van der Waals surface area contributed by atoms with Gasteiger partial charge in [0.1, 0.15) is 0 Å². The number of rotatable bonds is 3. The minimum absolute atomic E-state index is 0.0262. The van der Waals surface area contributed by atoms with Crippen LogP contribution in [0.25, 0.3) is 0 Å². The Morgan fingerprint density at radius 2 is 2.26 bits per heavy atom. The number of amides is 2. The molecule has 2 amide bonds. The highest BCUT2D eigenvalue weighted by Crippen LogP contribution is 2.21. The smallest absolute Gasteiger partial charge is 0.264 e. The molecule has 1 aromatic heterocycles. The van der Waals surface area contributed by atoms with Gasteiger partial charge in [-0.15, -0.1) is 11.3 Å². The first-order chi connectivity index (χ1) is 8.95. The van der Waals surface area contributed by atoms with Gasteiger partial charge in [0.2, 0.25) is 5.91 Å². The van der Waals surface area contributed by atoms with Crippen LogP contribution in [0.1, 0.15) is 35.3 Å². The van der Waals surface area contributed by atoms with Gasteiger partial charge in [-0.25, -0.2) is 0 Å². The van der Waals surface area contributed by atoms with Crippen LogP contribution in [-0.2, 0) is 11.2 Å². The maximum Gasteiger partial charge on any atom is 0.264 e. The number of nitrogens with one attached hydrogen (secondary N) is 1. The highest BCUT2D eigenvalue weighted by molar-refractivity contribution is 7.14. The van der Waals surface area contributed by atoms with Gasteiger partial charge in [0.25, 0.3) is 5.91 Å². The molecule has 0 aliphatic carbocycles. The summed E-state index contributed by atoms with van der Waals surface area (Å²) >= 11 is 1.54. The molecule has 104 valence electrons. The molecule has 0 aromatic carbocycles. The Balaban J connectivity index is 2.06. The van der Waals surface area contributed by atoms with E-state index < -0.39 is 0 Å². The lowest BCUT2D eigenvalue weighted by Gasteiger charge is -2.30. The topological polar surface area (TPSA) is 49.4 Å². The highest BCUT2D eigenvalue weighted by Gasteiger charge is 2.26. The molecule has 5 heteroatoms. The first kappa shape index (κ1) is 14.1. The summed E-state index contributed by atoms with van der Waals surface area (Å²) < 4.78 is 0. The monoisotopic (exact) mass is 280 g/mol. The van der Waals surface area contributed by atoms with Crippen molar-refractivity contribution in [2.24, 2.45) is 5.92 Å². The summed E-state index contributed by atoms with van der Waals surface area (Å²) in [7, 11) is 0. The Hall–Kier alpha value is -1.36. The van der Waals surface area contributed by atoms with E-state index in [2.05, 4.69) is 19.2 Å². The first-order valence-electron chi connectivity index (χ1n) is 6.63. The van der Waals surface area contributed by atoms with Crippen LogP contribution in [0.15, 0.2) is 12.1 Å². The fourth-order valence-corrected chi connectivity index (χ4v) is 3.44. The lowest BCUT2D eigenvalue weighted by Crippen LogP contribution is -2.54. The summed E-state index contributed by atoms with van der Waals surface area (Å²) in [6.07, 6.45) is 0.995. The first-order valence-corrected chi connectivity index (χ1v) is 7.44. The summed E-state index contributed by atoms with van der Waals surface area (Å²) in [6, 6.07) is 3.92. The summed E-state index contributed by atoms with van der Waals surface area (Å²) in [4.78, 5) is 27.4. The Morgan fingerprint density at radius 3 is 2.89 bits per heavy atom. The molecular weight excluding hydrogens is 260 g/mol. The van der Waals surface area contributed by atoms with Crippen molar-refractivity contribution in [1.82, 2.24) is 10.2 Å². The highest BCUT2D eigenvalue weighted by atomic mass is 32.1. The van der Waals surface area contributed by atoms with Crippen molar-refractivity contribution < 1.29 is 9.59 Å². The van der Waals surface area contributed by atoms with Gasteiger partial charge in [0.05, 0.1) is 11.4 Å². The van der Waals surface area contributed by atoms with Crippen LogP contribution in [0.5, 0.6) is 0 Å². The number of piperazine rings is 1. The Kier molecular flexibility index (Phi) is 4.24. The molecule has 1 atom stereocenters. The molecule has 1 aliphatic rings. The summed E-state index contributed by atoms with van der Waals surface area (Å²) in [6.45, 7) is 6.99. The zero-order chi connectivity index (χ0) is 14.0. The minimum atomic E-state index is -0.0777. The van der Waals surface area contributed by atoms with E-state index in [9.17, 15) is 9.59 Å². The fraction of sp³-hybridized carbons (Fsp3) is 0.571. The van der Waals surface area contributed by atoms with E-state index in [0.717, 1.165) is 11.3 Å². The van der Waals surface area contributed by atoms with Gasteiger partial charge in [0.15, 0.2) is 0 Å². The van der Waals surface area contributed by atoms with Crippen LogP contribution in [0.3, 0.4) is 0 Å². The van der Waals surface area contributed by atoms with E-state index in [1.807, 2.05) is 19.1 Å². The number of hydrogen-bond donors (Lipinski definition) is 1. The van der Waals surface area contributed by atoms with Crippen LogP contribution in [-0.4, -0.2) is 35.8 Å². The molecule has 1 fully saturated rings. The summed E-state index contributed by atoms with van der Waals surface area (Å²) in [5.41, 5.74) is 0. The zero-order valence-electron chi connectivity index (χ0n) is 11.6. The third-order valence-corrected chi connectivity index (χ3v) is 4.10. The summed E-state index contributed by atoms with van der Waals surface area (Å²) in [5.74, 6) is 0.482. The standard InChI is InChI=1S/C14H20N2O2S/c1-9(2)6-11-4-5-12(19-11)14(18)16-7-10(3)15-13(17)8-16/h4-5,9-10H,6-8H2,1-3H3,(H,15,17). The molecule has 0 spiro atoms. The number of hydrogen-bond acceptors (Lipinski definition) is 3. The average molecular weight is 280 g/mol. The summed E-state index contributed by atoms with van der Waals surface area (Å²) in [5, 5.41) is 2.82.